The Morgan fingerprint density at radius 2 is 1.81 bits per heavy atom. The molecule has 0 aliphatic carbocycles. The molecule has 1 aliphatic heterocycles. The quantitative estimate of drug-likeness (QED) is 0.806. The van der Waals surface area contributed by atoms with E-state index in [9.17, 15) is 13.2 Å². The Bertz CT molecular complexity index is 919. The second-order valence-electron chi connectivity index (χ2n) is 6.52. The smallest absolute Gasteiger partial charge is 0.256 e. The molecule has 1 heterocycles. The first-order valence-electron chi connectivity index (χ1n) is 8.65. The highest BCUT2D eigenvalue weighted by atomic mass is 32.2. The number of aryl methyl sites for hydroxylation is 1. The molecular weight excluding hydrogens is 350 g/mol. The van der Waals surface area contributed by atoms with Gasteiger partial charge in [0.1, 0.15) is 0 Å². The third-order valence-corrected chi connectivity index (χ3v) is 6.45. The van der Waals surface area contributed by atoms with Crippen molar-refractivity contribution in [2.24, 2.45) is 0 Å². The third kappa shape index (κ3) is 3.89. The molecule has 0 atom stereocenters. The zero-order chi connectivity index (χ0) is 18.7. The van der Waals surface area contributed by atoms with Crippen molar-refractivity contribution in [1.82, 2.24) is 4.31 Å². The number of nitrogen functional groups attached to an aromatic ring is 1. The minimum atomic E-state index is -3.54. The standard InChI is InChI=1S/C19H23N3O3S/c1-14-8-9-15(20)12-18(14)19(23)21-16-6-5-7-17(13-16)26(24,25)22-10-3-2-4-11-22/h5-9,12-13H,2-4,10-11,20H2,1H3,(H,21,23). The van der Waals surface area contributed by atoms with E-state index >= 15 is 0 Å². The Kier molecular flexibility index (Phi) is 5.29. The number of nitrogens with one attached hydrogen (secondary N) is 1. The molecule has 2 aromatic carbocycles. The molecule has 0 radical (unpaired) electrons. The van der Waals surface area contributed by atoms with E-state index in [1.807, 2.05) is 6.92 Å². The van der Waals surface area contributed by atoms with E-state index < -0.39 is 10.0 Å². The lowest BCUT2D eigenvalue weighted by Crippen LogP contribution is -2.35. The Morgan fingerprint density at radius 1 is 1.08 bits per heavy atom. The minimum absolute atomic E-state index is 0.196. The number of sulfonamides is 1. The van der Waals surface area contributed by atoms with Gasteiger partial charge in [-0.1, -0.05) is 18.6 Å². The Morgan fingerprint density at radius 3 is 2.54 bits per heavy atom. The van der Waals surface area contributed by atoms with Gasteiger partial charge in [0.2, 0.25) is 10.0 Å². The molecule has 1 fully saturated rings. The van der Waals surface area contributed by atoms with Crippen LogP contribution in [-0.2, 0) is 10.0 Å². The topological polar surface area (TPSA) is 92.5 Å². The van der Waals surface area contributed by atoms with E-state index in [1.165, 1.54) is 10.4 Å². The highest BCUT2D eigenvalue weighted by Gasteiger charge is 2.26. The van der Waals surface area contributed by atoms with Gasteiger partial charge in [0.05, 0.1) is 4.90 Å². The van der Waals surface area contributed by atoms with Crippen molar-refractivity contribution < 1.29 is 13.2 Å². The molecule has 0 spiro atoms. The summed E-state index contributed by atoms with van der Waals surface area (Å²) < 4.78 is 27.1. The Labute approximate surface area is 154 Å². The number of piperidine rings is 1. The highest BCUT2D eigenvalue weighted by Crippen LogP contribution is 2.23. The van der Waals surface area contributed by atoms with E-state index in [2.05, 4.69) is 5.32 Å². The van der Waals surface area contributed by atoms with Crippen LogP contribution in [0.25, 0.3) is 0 Å². The van der Waals surface area contributed by atoms with Crippen molar-refractivity contribution in [2.45, 2.75) is 31.1 Å². The number of nitrogens with two attached hydrogens (primary N) is 1. The van der Waals surface area contributed by atoms with Crippen molar-refractivity contribution in [3.63, 3.8) is 0 Å². The largest absolute Gasteiger partial charge is 0.399 e. The number of benzene rings is 2. The van der Waals surface area contributed by atoms with Crippen molar-refractivity contribution >= 4 is 27.3 Å². The van der Waals surface area contributed by atoms with Gasteiger partial charge in [-0.25, -0.2) is 8.42 Å². The summed E-state index contributed by atoms with van der Waals surface area (Å²) in [4.78, 5) is 12.7. The summed E-state index contributed by atoms with van der Waals surface area (Å²) in [5, 5.41) is 2.76. The molecule has 0 aromatic heterocycles. The van der Waals surface area contributed by atoms with E-state index in [0.717, 1.165) is 24.8 Å². The Balaban J connectivity index is 1.83. The molecule has 2 aromatic rings. The molecule has 1 saturated heterocycles. The van der Waals surface area contributed by atoms with Crippen molar-refractivity contribution in [2.75, 3.05) is 24.1 Å². The van der Waals surface area contributed by atoms with Gasteiger partial charge in [0, 0.05) is 30.0 Å². The summed E-state index contributed by atoms with van der Waals surface area (Å²) >= 11 is 0. The molecule has 0 saturated carbocycles. The van der Waals surface area contributed by atoms with Gasteiger partial charge in [0.15, 0.2) is 0 Å². The maximum atomic E-state index is 12.8. The van der Waals surface area contributed by atoms with Crippen molar-refractivity contribution in [1.29, 1.82) is 0 Å². The first kappa shape index (κ1) is 18.4. The maximum absolute atomic E-state index is 12.8. The van der Waals surface area contributed by atoms with Crippen LogP contribution in [0.1, 0.15) is 35.2 Å². The first-order chi connectivity index (χ1) is 12.4. The van der Waals surface area contributed by atoms with Crippen LogP contribution in [-0.4, -0.2) is 31.7 Å². The molecule has 26 heavy (non-hydrogen) atoms. The summed E-state index contributed by atoms with van der Waals surface area (Å²) in [7, 11) is -3.54. The zero-order valence-electron chi connectivity index (χ0n) is 14.7. The number of nitrogens with zero attached hydrogens (tertiary/aromatic N) is 1. The van der Waals surface area contributed by atoms with Gasteiger partial charge < -0.3 is 11.1 Å². The number of hydrogen-bond donors (Lipinski definition) is 2. The zero-order valence-corrected chi connectivity index (χ0v) is 15.6. The monoisotopic (exact) mass is 373 g/mol. The van der Waals surface area contributed by atoms with Crippen LogP contribution in [0, 0.1) is 6.92 Å². The maximum Gasteiger partial charge on any atom is 0.256 e. The van der Waals surface area contributed by atoms with E-state index in [4.69, 9.17) is 5.73 Å². The van der Waals surface area contributed by atoms with Crippen molar-refractivity contribution in [3.8, 4) is 0 Å². The van der Waals surface area contributed by atoms with Gasteiger partial charge in [-0.3, -0.25) is 4.79 Å². The summed E-state index contributed by atoms with van der Waals surface area (Å²) in [6.45, 7) is 2.91. The van der Waals surface area contributed by atoms with Crippen LogP contribution in [0.4, 0.5) is 11.4 Å². The fourth-order valence-corrected chi connectivity index (χ4v) is 4.63. The third-order valence-electron chi connectivity index (χ3n) is 4.55. The lowest BCUT2D eigenvalue weighted by Gasteiger charge is -2.26. The molecule has 6 nitrogen and oxygen atoms in total. The van der Waals surface area contributed by atoms with Gasteiger partial charge in [-0.15, -0.1) is 0 Å². The average Bonchev–Trinajstić information content (AvgIpc) is 2.64. The number of carbonyl (C=O) groups excluding carboxylic acids is 1. The lowest BCUT2D eigenvalue weighted by atomic mass is 10.1. The predicted molar refractivity (Wildman–Crippen MR) is 103 cm³/mol. The number of carbonyl (C=O) groups is 1. The number of hydrogen-bond acceptors (Lipinski definition) is 4. The molecule has 138 valence electrons. The van der Waals surface area contributed by atoms with Gasteiger partial charge in [-0.05, 0) is 55.7 Å². The normalized spacial score (nSPS) is 15.6. The SMILES string of the molecule is Cc1ccc(N)cc1C(=O)Nc1cccc(S(=O)(=O)N2CCCCC2)c1. The number of rotatable bonds is 4. The van der Waals surface area contributed by atoms with E-state index in [1.54, 1.807) is 36.4 Å². The fourth-order valence-electron chi connectivity index (χ4n) is 3.07. The van der Waals surface area contributed by atoms with Crippen molar-refractivity contribution in [3.05, 3.63) is 53.6 Å². The van der Waals surface area contributed by atoms with Crippen LogP contribution in [0.2, 0.25) is 0 Å². The van der Waals surface area contributed by atoms with Crippen LogP contribution < -0.4 is 11.1 Å². The predicted octanol–water partition coefficient (Wildman–Crippen LogP) is 3.00. The van der Waals surface area contributed by atoms with Crippen LogP contribution in [0.15, 0.2) is 47.4 Å². The fraction of sp³-hybridized carbons (Fsp3) is 0.316. The molecule has 0 unspecified atom stereocenters. The summed E-state index contributed by atoms with van der Waals surface area (Å²) in [5.41, 5.74) is 7.97. The molecule has 3 N–H and O–H groups in total. The number of amides is 1. The van der Waals surface area contributed by atoms with Crippen LogP contribution in [0.3, 0.4) is 0 Å². The molecule has 1 aliphatic rings. The van der Waals surface area contributed by atoms with Gasteiger partial charge >= 0.3 is 0 Å². The molecule has 7 heteroatoms. The van der Waals surface area contributed by atoms with Gasteiger partial charge in [-0.2, -0.15) is 4.31 Å². The molecule has 0 bridgehead atoms. The lowest BCUT2D eigenvalue weighted by molar-refractivity contribution is 0.102. The molecule has 1 amide bonds. The average molecular weight is 373 g/mol. The van der Waals surface area contributed by atoms with E-state index in [0.29, 0.717) is 30.0 Å². The molecule has 3 rings (SSSR count). The minimum Gasteiger partial charge on any atom is -0.399 e. The number of anilines is 2. The summed E-state index contributed by atoms with van der Waals surface area (Å²) in [6, 6.07) is 11.5. The summed E-state index contributed by atoms with van der Waals surface area (Å²) in [5.74, 6) is -0.317. The highest BCUT2D eigenvalue weighted by molar-refractivity contribution is 7.89. The van der Waals surface area contributed by atoms with Crippen LogP contribution in [0.5, 0.6) is 0 Å². The first-order valence-corrected chi connectivity index (χ1v) is 10.1. The van der Waals surface area contributed by atoms with Gasteiger partial charge in [0.25, 0.3) is 5.91 Å². The van der Waals surface area contributed by atoms with Crippen LogP contribution >= 0.6 is 0 Å². The second-order valence-corrected chi connectivity index (χ2v) is 8.46. The van der Waals surface area contributed by atoms with E-state index in [-0.39, 0.29) is 10.8 Å². The Hall–Kier alpha value is -2.38. The second kappa shape index (κ2) is 7.47. The molecular formula is C19H23N3O3S. The summed E-state index contributed by atoms with van der Waals surface area (Å²) in [6.07, 6.45) is 2.82.